The Morgan fingerprint density at radius 3 is 2.45 bits per heavy atom. The van der Waals surface area contributed by atoms with Gasteiger partial charge in [0.25, 0.3) is 0 Å². The Morgan fingerprint density at radius 1 is 1.09 bits per heavy atom. The van der Waals surface area contributed by atoms with Crippen LogP contribution in [0.4, 0.5) is 4.39 Å². The lowest BCUT2D eigenvalue weighted by Gasteiger charge is -2.15. The second kappa shape index (κ2) is 15.4. The minimum absolute atomic E-state index is 0. The smallest absolute Gasteiger partial charge is 0.224 e. The van der Waals surface area contributed by atoms with Gasteiger partial charge in [0.15, 0.2) is 5.96 Å². The van der Waals surface area contributed by atoms with Crippen molar-refractivity contribution in [2.75, 3.05) is 26.2 Å². The normalized spacial score (nSPS) is 12.0. The van der Waals surface area contributed by atoms with Gasteiger partial charge in [0, 0.05) is 19.6 Å². The predicted octanol–water partition coefficient (Wildman–Crippen LogP) is 3.18. The summed E-state index contributed by atoms with van der Waals surface area (Å²) < 4.78 is 18.6. The zero-order chi connectivity index (χ0) is 23.3. The SMILES string of the molecule is CCNC(=NCC(O)c1cccc(OC(C)C)c1)NCCNC(=O)Cc1ccc(F)cc1.I. The van der Waals surface area contributed by atoms with E-state index in [0.717, 1.165) is 11.1 Å². The number of benzene rings is 2. The third-order valence-electron chi connectivity index (χ3n) is 4.40. The van der Waals surface area contributed by atoms with E-state index in [2.05, 4.69) is 20.9 Å². The maximum atomic E-state index is 12.9. The Labute approximate surface area is 212 Å². The van der Waals surface area contributed by atoms with Gasteiger partial charge >= 0.3 is 0 Å². The predicted molar refractivity (Wildman–Crippen MR) is 140 cm³/mol. The number of halogens is 2. The molecule has 182 valence electrons. The molecule has 0 aromatic heterocycles. The summed E-state index contributed by atoms with van der Waals surface area (Å²) in [6, 6.07) is 13.2. The van der Waals surface area contributed by atoms with Crippen molar-refractivity contribution < 1.29 is 19.0 Å². The number of ether oxygens (including phenoxy) is 1. The van der Waals surface area contributed by atoms with E-state index in [1.165, 1.54) is 12.1 Å². The van der Waals surface area contributed by atoms with Crippen molar-refractivity contribution in [2.45, 2.75) is 39.4 Å². The van der Waals surface area contributed by atoms with Gasteiger partial charge in [0.2, 0.25) is 5.91 Å². The van der Waals surface area contributed by atoms with Crippen LogP contribution >= 0.6 is 24.0 Å². The van der Waals surface area contributed by atoms with Crippen molar-refractivity contribution in [3.8, 4) is 5.75 Å². The van der Waals surface area contributed by atoms with Crippen molar-refractivity contribution in [2.24, 2.45) is 4.99 Å². The van der Waals surface area contributed by atoms with Crippen LogP contribution in [0, 0.1) is 5.82 Å². The molecule has 9 heteroatoms. The van der Waals surface area contributed by atoms with Gasteiger partial charge in [-0.25, -0.2) is 4.39 Å². The number of aliphatic hydroxyl groups is 1. The molecule has 0 radical (unpaired) electrons. The molecular weight excluding hydrogens is 538 g/mol. The van der Waals surface area contributed by atoms with E-state index in [0.29, 0.717) is 31.3 Å². The number of hydrogen-bond acceptors (Lipinski definition) is 4. The summed E-state index contributed by atoms with van der Waals surface area (Å²) in [7, 11) is 0. The van der Waals surface area contributed by atoms with E-state index < -0.39 is 6.10 Å². The number of guanidine groups is 1. The summed E-state index contributed by atoms with van der Waals surface area (Å²) in [5, 5.41) is 19.6. The van der Waals surface area contributed by atoms with E-state index in [-0.39, 0.29) is 54.8 Å². The Morgan fingerprint density at radius 2 is 1.79 bits per heavy atom. The molecule has 1 atom stereocenters. The molecule has 0 heterocycles. The van der Waals surface area contributed by atoms with Crippen LogP contribution < -0.4 is 20.7 Å². The number of aliphatic imine (C=N–C) groups is 1. The van der Waals surface area contributed by atoms with Crippen LogP contribution in [0.15, 0.2) is 53.5 Å². The lowest BCUT2D eigenvalue weighted by molar-refractivity contribution is -0.120. The zero-order valence-corrected chi connectivity index (χ0v) is 21.6. The van der Waals surface area contributed by atoms with Gasteiger partial charge in [-0.3, -0.25) is 9.79 Å². The molecule has 33 heavy (non-hydrogen) atoms. The van der Waals surface area contributed by atoms with Crippen molar-refractivity contribution in [3.63, 3.8) is 0 Å². The lowest BCUT2D eigenvalue weighted by atomic mass is 10.1. The molecule has 0 aliphatic heterocycles. The Hall–Kier alpha value is -2.40. The van der Waals surface area contributed by atoms with Gasteiger partial charge < -0.3 is 25.8 Å². The number of nitrogens with one attached hydrogen (secondary N) is 3. The maximum Gasteiger partial charge on any atom is 0.224 e. The first-order valence-corrected chi connectivity index (χ1v) is 10.9. The first kappa shape index (κ1) is 28.6. The zero-order valence-electron chi connectivity index (χ0n) is 19.3. The van der Waals surface area contributed by atoms with Crippen molar-refractivity contribution >= 4 is 35.8 Å². The van der Waals surface area contributed by atoms with Gasteiger partial charge in [-0.05, 0) is 56.2 Å². The standard InChI is InChI=1S/C24H33FN4O3.HI/c1-4-26-24(28-13-12-27-23(31)14-18-8-10-20(25)11-9-18)29-16-22(30)19-6-5-7-21(15-19)32-17(2)3;/h5-11,15,17,22,30H,4,12-14,16H2,1-3H3,(H,27,31)(H2,26,28,29);1H. The highest BCUT2D eigenvalue weighted by Crippen LogP contribution is 2.20. The number of aliphatic hydroxyl groups excluding tert-OH is 1. The van der Waals surface area contributed by atoms with Crippen LogP contribution in [0.25, 0.3) is 0 Å². The van der Waals surface area contributed by atoms with Crippen LogP contribution in [0.1, 0.15) is 38.0 Å². The van der Waals surface area contributed by atoms with Crippen LogP contribution in [-0.2, 0) is 11.2 Å². The molecule has 1 amide bonds. The number of amides is 1. The molecule has 0 saturated carbocycles. The van der Waals surface area contributed by atoms with E-state index in [1.807, 2.05) is 45.0 Å². The average Bonchev–Trinajstić information content (AvgIpc) is 2.76. The van der Waals surface area contributed by atoms with E-state index in [4.69, 9.17) is 4.74 Å². The minimum Gasteiger partial charge on any atom is -0.491 e. The molecule has 4 N–H and O–H groups in total. The first-order chi connectivity index (χ1) is 15.4. The summed E-state index contributed by atoms with van der Waals surface area (Å²) in [4.78, 5) is 16.4. The fourth-order valence-electron chi connectivity index (χ4n) is 2.93. The quantitative estimate of drug-likeness (QED) is 0.144. The summed E-state index contributed by atoms with van der Waals surface area (Å²) in [6.07, 6.45) is -0.516. The summed E-state index contributed by atoms with van der Waals surface area (Å²) in [6.45, 7) is 7.56. The number of rotatable bonds is 11. The number of carbonyl (C=O) groups excluding carboxylic acids is 1. The first-order valence-electron chi connectivity index (χ1n) is 10.9. The molecule has 0 aliphatic carbocycles. The molecule has 2 aromatic rings. The number of carbonyl (C=O) groups is 1. The van der Waals surface area contributed by atoms with Crippen molar-refractivity contribution in [1.82, 2.24) is 16.0 Å². The largest absolute Gasteiger partial charge is 0.491 e. The van der Waals surface area contributed by atoms with Gasteiger partial charge in [0.05, 0.1) is 25.2 Å². The fraction of sp³-hybridized carbons (Fsp3) is 0.417. The van der Waals surface area contributed by atoms with Gasteiger partial charge in [-0.1, -0.05) is 24.3 Å². The maximum absolute atomic E-state index is 12.9. The van der Waals surface area contributed by atoms with Crippen molar-refractivity contribution in [3.05, 3.63) is 65.5 Å². The molecule has 7 nitrogen and oxygen atoms in total. The third kappa shape index (κ3) is 11.3. The Kier molecular flexibility index (Phi) is 13.4. The molecule has 0 bridgehead atoms. The molecule has 0 aliphatic rings. The third-order valence-corrected chi connectivity index (χ3v) is 4.40. The monoisotopic (exact) mass is 572 g/mol. The van der Waals surface area contributed by atoms with E-state index >= 15 is 0 Å². The molecule has 0 spiro atoms. The fourth-order valence-corrected chi connectivity index (χ4v) is 2.93. The molecular formula is C24H34FIN4O3. The van der Waals surface area contributed by atoms with E-state index in [9.17, 15) is 14.3 Å². The van der Waals surface area contributed by atoms with Crippen LogP contribution in [0.5, 0.6) is 5.75 Å². The average molecular weight is 572 g/mol. The molecule has 2 rings (SSSR count). The second-order valence-corrected chi connectivity index (χ2v) is 7.55. The van der Waals surface area contributed by atoms with E-state index in [1.54, 1.807) is 12.1 Å². The topological polar surface area (TPSA) is 95.0 Å². The Balaban J connectivity index is 0.00000544. The highest BCUT2D eigenvalue weighted by Gasteiger charge is 2.10. The highest BCUT2D eigenvalue weighted by atomic mass is 127. The molecule has 1 unspecified atom stereocenters. The summed E-state index contributed by atoms with van der Waals surface area (Å²) in [5.41, 5.74) is 1.49. The van der Waals surface area contributed by atoms with Gasteiger partial charge in [-0.15, -0.1) is 24.0 Å². The minimum atomic E-state index is -0.767. The van der Waals surface area contributed by atoms with Gasteiger partial charge in [-0.2, -0.15) is 0 Å². The number of nitrogens with zero attached hydrogens (tertiary/aromatic N) is 1. The summed E-state index contributed by atoms with van der Waals surface area (Å²) in [5.74, 6) is 0.797. The molecule has 0 fully saturated rings. The highest BCUT2D eigenvalue weighted by molar-refractivity contribution is 14.0. The van der Waals surface area contributed by atoms with Crippen LogP contribution in [0.2, 0.25) is 0 Å². The molecule has 0 saturated heterocycles. The number of hydrogen-bond donors (Lipinski definition) is 4. The lowest BCUT2D eigenvalue weighted by Crippen LogP contribution is -2.42. The van der Waals surface area contributed by atoms with Crippen LogP contribution in [-0.4, -0.2) is 49.3 Å². The molecule has 2 aromatic carbocycles. The van der Waals surface area contributed by atoms with Crippen LogP contribution in [0.3, 0.4) is 0 Å². The van der Waals surface area contributed by atoms with Gasteiger partial charge in [0.1, 0.15) is 11.6 Å². The Bertz CT molecular complexity index is 878. The summed E-state index contributed by atoms with van der Waals surface area (Å²) >= 11 is 0. The second-order valence-electron chi connectivity index (χ2n) is 7.55. The van der Waals surface area contributed by atoms with Crippen molar-refractivity contribution in [1.29, 1.82) is 0 Å².